The van der Waals surface area contributed by atoms with Crippen LogP contribution >= 0.6 is 0 Å². The first kappa shape index (κ1) is 12.8. The van der Waals surface area contributed by atoms with Crippen molar-refractivity contribution in [2.24, 2.45) is 7.05 Å². The Kier molecular flexibility index (Phi) is 3.20. The van der Waals surface area contributed by atoms with Gasteiger partial charge in [0.1, 0.15) is 11.9 Å². The van der Waals surface area contributed by atoms with Crippen molar-refractivity contribution in [2.75, 3.05) is 7.11 Å². The van der Waals surface area contributed by atoms with Crippen LogP contribution in [0, 0.1) is 0 Å². The van der Waals surface area contributed by atoms with Crippen LogP contribution in [0.4, 0.5) is 0 Å². The molecule has 3 aromatic rings. The van der Waals surface area contributed by atoms with E-state index in [4.69, 9.17) is 4.74 Å². The maximum absolute atomic E-state index is 10.7. The Labute approximate surface area is 118 Å². The van der Waals surface area contributed by atoms with Gasteiger partial charge in [-0.3, -0.25) is 0 Å². The first-order valence-corrected chi connectivity index (χ1v) is 6.57. The molecule has 0 aliphatic carbocycles. The molecule has 0 radical (unpaired) electrons. The third-order valence-electron chi connectivity index (χ3n) is 3.69. The predicted molar refractivity (Wildman–Crippen MR) is 80.0 cm³/mol. The summed E-state index contributed by atoms with van der Waals surface area (Å²) in [6, 6.07) is 15.6. The number of aryl methyl sites for hydroxylation is 1. The summed E-state index contributed by atoms with van der Waals surface area (Å²) >= 11 is 0. The summed E-state index contributed by atoms with van der Waals surface area (Å²) in [5.74, 6) is 0.702. The summed E-state index contributed by atoms with van der Waals surface area (Å²) in [5, 5.41) is 11.8. The normalized spacial score (nSPS) is 12.6. The highest BCUT2D eigenvalue weighted by molar-refractivity contribution is 5.84. The number of aromatic nitrogens is 1. The van der Waals surface area contributed by atoms with Crippen LogP contribution in [0.5, 0.6) is 5.75 Å². The molecule has 20 heavy (non-hydrogen) atoms. The smallest absolute Gasteiger partial charge is 0.125 e. The number of ether oxygens (including phenoxy) is 1. The number of nitrogens with zero attached hydrogens (tertiary/aromatic N) is 1. The lowest BCUT2D eigenvalue weighted by Gasteiger charge is -2.16. The topological polar surface area (TPSA) is 34.4 Å². The van der Waals surface area contributed by atoms with Crippen LogP contribution in [-0.4, -0.2) is 16.8 Å². The lowest BCUT2D eigenvalue weighted by atomic mass is 9.98. The highest BCUT2D eigenvalue weighted by atomic mass is 16.5. The van der Waals surface area contributed by atoms with Crippen LogP contribution in [0.1, 0.15) is 17.2 Å². The molecule has 1 unspecified atom stereocenters. The molecule has 0 saturated carbocycles. The average Bonchev–Trinajstić information content (AvgIpc) is 2.88. The van der Waals surface area contributed by atoms with Crippen molar-refractivity contribution in [3.8, 4) is 5.75 Å². The fourth-order valence-corrected chi connectivity index (χ4v) is 2.62. The molecule has 0 amide bonds. The minimum absolute atomic E-state index is 0.697. The SMILES string of the molecule is COc1ccccc1C(O)c1cccc2c1ccn2C. The van der Waals surface area contributed by atoms with Crippen molar-refractivity contribution in [3.63, 3.8) is 0 Å². The molecule has 0 fully saturated rings. The fraction of sp³-hybridized carbons (Fsp3) is 0.176. The van der Waals surface area contributed by atoms with Crippen LogP contribution in [0.3, 0.4) is 0 Å². The quantitative estimate of drug-likeness (QED) is 0.790. The number of para-hydroxylation sites is 1. The number of methoxy groups -OCH3 is 1. The molecule has 102 valence electrons. The van der Waals surface area contributed by atoms with E-state index in [1.807, 2.05) is 66.3 Å². The monoisotopic (exact) mass is 267 g/mol. The molecule has 3 nitrogen and oxygen atoms in total. The van der Waals surface area contributed by atoms with E-state index in [1.165, 1.54) is 0 Å². The van der Waals surface area contributed by atoms with Crippen LogP contribution in [0.25, 0.3) is 10.9 Å². The fourth-order valence-electron chi connectivity index (χ4n) is 2.62. The van der Waals surface area contributed by atoms with Gasteiger partial charge in [0.25, 0.3) is 0 Å². The number of benzene rings is 2. The number of aliphatic hydroxyl groups is 1. The van der Waals surface area contributed by atoms with Gasteiger partial charge in [0, 0.05) is 29.7 Å². The van der Waals surface area contributed by atoms with Gasteiger partial charge in [-0.15, -0.1) is 0 Å². The van der Waals surface area contributed by atoms with E-state index in [2.05, 4.69) is 0 Å². The van der Waals surface area contributed by atoms with Gasteiger partial charge in [0.15, 0.2) is 0 Å². The Morgan fingerprint density at radius 3 is 2.55 bits per heavy atom. The number of hydrogen-bond acceptors (Lipinski definition) is 2. The number of aliphatic hydroxyl groups excluding tert-OH is 1. The van der Waals surface area contributed by atoms with Gasteiger partial charge < -0.3 is 14.4 Å². The Hall–Kier alpha value is -2.26. The lowest BCUT2D eigenvalue weighted by Crippen LogP contribution is -2.02. The van der Waals surface area contributed by atoms with Gasteiger partial charge in [0.05, 0.1) is 7.11 Å². The van der Waals surface area contributed by atoms with Crippen molar-refractivity contribution in [1.29, 1.82) is 0 Å². The molecule has 2 aromatic carbocycles. The summed E-state index contributed by atoms with van der Waals surface area (Å²) in [7, 11) is 3.62. The molecule has 1 N–H and O–H groups in total. The number of hydrogen-bond donors (Lipinski definition) is 1. The molecule has 1 atom stereocenters. The highest BCUT2D eigenvalue weighted by Crippen LogP contribution is 2.33. The highest BCUT2D eigenvalue weighted by Gasteiger charge is 2.17. The zero-order valence-corrected chi connectivity index (χ0v) is 11.6. The van der Waals surface area contributed by atoms with E-state index >= 15 is 0 Å². The van der Waals surface area contributed by atoms with Gasteiger partial charge in [0.2, 0.25) is 0 Å². The van der Waals surface area contributed by atoms with E-state index in [0.29, 0.717) is 5.75 Å². The third-order valence-corrected chi connectivity index (χ3v) is 3.69. The zero-order valence-electron chi connectivity index (χ0n) is 11.6. The first-order chi connectivity index (χ1) is 9.72. The average molecular weight is 267 g/mol. The molecular weight excluding hydrogens is 250 g/mol. The van der Waals surface area contributed by atoms with Crippen molar-refractivity contribution in [3.05, 3.63) is 65.9 Å². The van der Waals surface area contributed by atoms with E-state index < -0.39 is 6.10 Å². The molecule has 1 aromatic heterocycles. The van der Waals surface area contributed by atoms with Gasteiger partial charge in [-0.25, -0.2) is 0 Å². The van der Waals surface area contributed by atoms with Crippen LogP contribution in [-0.2, 0) is 7.05 Å². The summed E-state index contributed by atoms with van der Waals surface area (Å²) in [5.41, 5.74) is 2.79. The Bertz CT molecular complexity index is 746. The van der Waals surface area contributed by atoms with E-state index in [-0.39, 0.29) is 0 Å². The molecule has 0 aliphatic rings. The second-order valence-corrected chi connectivity index (χ2v) is 4.85. The van der Waals surface area contributed by atoms with Crippen LogP contribution in [0.15, 0.2) is 54.7 Å². The van der Waals surface area contributed by atoms with Crippen LogP contribution < -0.4 is 4.74 Å². The zero-order chi connectivity index (χ0) is 14.1. The van der Waals surface area contributed by atoms with E-state index in [1.54, 1.807) is 7.11 Å². The predicted octanol–water partition coefficient (Wildman–Crippen LogP) is 3.27. The first-order valence-electron chi connectivity index (χ1n) is 6.57. The molecule has 3 heteroatoms. The summed E-state index contributed by atoms with van der Waals surface area (Å²) < 4.78 is 7.39. The van der Waals surface area contributed by atoms with E-state index in [9.17, 15) is 5.11 Å². The van der Waals surface area contributed by atoms with Crippen molar-refractivity contribution in [2.45, 2.75) is 6.10 Å². The summed E-state index contributed by atoms with van der Waals surface area (Å²) in [6.07, 6.45) is 1.31. The second-order valence-electron chi connectivity index (χ2n) is 4.85. The minimum Gasteiger partial charge on any atom is -0.496 e. The van der Waals surface area contributed by atoms with Gasteiger partial charge in [-0.1, -0.05) is 30.3 Å². The molecular formula is C17H17NO2. The van der Waals surface area contributed by atoms with Crippen molar-refractivity contribution >= 4 is 10.9 Å². The molecule has 0 spiro atoms. The molecule has 0 aliphatic heterocycles. The molecule has 1 heterocycles. The van der Waals surface area contributed by atoms with Crippen molar-refractivity contribution in [1.82, 2.24) is 4.57 Å². The van der Waals surface area contributed by atoms with E-state index in [0.717, 1.165) is 22.0 Å². The third kappa shape index (κ3) is 1.96. The summed E-state index contributed by atoms with van der Waals surface area (Å²) in [4.78, 5) is 0. The van der Waals surface area contributed by atoms with Gasteiger partial charge in [-0.2, -0.15) is 0 Å². The second kappa shape index (κ2) is 5.02. The molecule has 0 saturated heterocycles. The lowest BCUT2D eigenvalue weighted by molar-refractivity contribution is 0.216. The van der Waals surface area contributed by atoms with Gasteiger partial charge in [-0.05, 0) is 23.8 Å². The number of rotatable bonds is 3. The van der Waals surface area contributed by atoms with Crippen LogP contribution in [0.2, 0.25) is 0 Å². The standard InChI is InChI=1S/C17H17NO2/c1-18-11-10-12-13(7-5-8-15(12)18)17(19)14-6-3-4-9-16(14)20-2/h3-11,17,19H,1-2H3. The maximum Gasteiger partial charge on any atom is 0.125 e. The number of fused-ring (bicyclic) bond motifs is 1. The molecule has 0 bridgehead atoms. The molecule has 3 rings (SSSR count). The Morgan fingerprint density at radius 1 is 1.00 bits per heavy atom. The Morgan fingerprint density at radius 2 is 1.75 bits per heavy atom. The van der Waals surface area contributed by atoms with Gasteiger partial charge >= 0.3 is 0 Å². The maximum atomic E-state index is 10.7. The summed E-state index contributed by atoms with van der Waals surface area (Å²) in [6.45, 7) is 0. The minimum atomic E-state index is -0.697. The Balaban J connectivity index is 2.15. The largest absolute Gasteiger partial charge is 0.496 e. The van der Waals surface area contributed by atoms with Crippen molar-refractivity contribution < 1.29 is 9.84 Å².